The van der Waals surface area contributed by atoms with Crippen LogP contribution in [0, 0.1) is 22.8 Å². The van der Waals surface area contributed by atoms with Crippen molar-refractivity contribution >= 4 is 23.3 Å². The first kappa shape index (κ1) is 23.8. The molecule has 9 heteroatoms. The monoisotopic (exact) mass is 445 g/mol. The lowest BCUT2D eigenvalue weighted by Crippen LogP contribution is -2.33. The van der Waals surface area contributed by atoms with Crippen LogP contribution in [-0.4, -0.2) is 28.9 Å². The third-order valence-corrected chi connectivity index (χ3v) is 5.76. The van der Waals surface area contributed by atoms with E-state index in [1.54, 1.807) is 0 Å². The van der Waals surface area contributed by atoms with E-state index in [1.807, 2.05) is 24.4 Å². The van der Waals surface area contributed by atoms with Gasteiger partial charge in [0.15, 0.2) is 6.19 Å². The van der Waals surface area contributed by atoms with Gasteiger partial charge >= 0.3 is 0 Å². The molecule has 6 N–H and O–H groups in total. The summed E-state index contributed by atoms with van der Waals surface area (Å²) < 4.78 is 0. The molecule has 0 saturated heterocycles. The van der Waals surface area contributed by atoms with Crippen molar-refractivity contribution < 1.29 is 0 Å². The molecule has 1 atom stereocenters. The van der Waals surface area contributed by atoms with Crippen LogP contribution in [-0.2, 0) is 6.54 Å². The molecule has 9 nitrogen and oxygen atoms in total. The zero-order valence-corrected chi connectivity index (χ0v) is 19.2. The number of hydrogen-bond acceptors (Lipinski definition) is 9. The number of guanidine groups is 1. The van der Waals surface area contributed by atoms with Crippen LogP contribution in [0.2, 0.25) is 0 Å². The highest BCUT2D eigenvalue weighted by atomic mass is 15.2. The minimum atomic E-state index is -0.535. The lowest BCUT2D eigenvalue weighted by Gasteiger charge is -2.29. The highest BCUT2D eigenvalue weighted by molar-refractivity contribution is 5.98. The molecule has 2 heterocycles. The van der Waals surface area contributed by atoms with Gasteiger partial charge in [-0.25, -0.2) is 9.98 Å². The van der Waals surface area contributed by atoms with Crippen molar-refractivity contribution in [3.05, 3.63) is 46.5 Å². The quantitative estimate of drug-likeness (QED) is 0.338. The Balaban J connectivity index is 2.09. The molecule has 0 saturated carbocycles. The summed E-state index contributed by atoms with van der Waals surface area (Å²) in [4.78, 5) is 11.5. The molecule has 0 fully saturated rings. The lowest BCUT2D eigenvalue weighted by atomic mass is 9.91. The van der Waals surface area contributed by atoms with E-state index in [4.69, 9.17) is 21.7 Å². The Morgan fingerprint density at radius 2 is 1.82 bits per heavy atom. The Morgan fingerprint density at radius 1 is 1.12 bits per heavy atom. The van der Waals surface area contributed by atoms with Gasteiger partial charge < -0.3 is 16.8 Å². The molecule has 0 bridgehead atoms. The maximum atomic E-state index is 9.56. The molecule has 3 rings (SSSR count). The number of benzene rings is 1. The Morgan fingerprint density at radius 3 is 2.45 bits per heavy atom. The van der Waals surface area contributed by atoms with E-state index in [0.29, 0.717) is 11.4 Å². The van der Waals surface area contributed by atoms with Crippen molar-refractivity contribution in [2.45, 2.75) is 52.1 Å². The van der Waals surface area contributed by atoms with Crippen molar-refractivity contribution in [1.82, 2.24) is 15.2 Å². The normalized spacial score (nSPS) is 14.6. The first-order valence-corrected chi connectivity index (χ1v) is 11.3. The van der Waals surface area contributed by atoms with Gasteiger partial charge in [0.1, 0.15) is 29.3 Å². The SMILES string of the molecule is CCCCN(CCCC)Cc1ccccc1C1N=C(NC#N)Nc2nc(N)c(C#N)c(N)c21. The molecular formula is C24H31N9. The van der Waals surface area contributed by atoms with E-state index in [-0.39, 0.29) is 23.0 Å². The van der Waals surface area contributed by atoms with Gasteiger partial charge in [-0.05, 0) is 37.1 Å². The summed E-state index contributed by atoms with van der Waals surface area (Å²) in [7, 11) is 0. The fourth-order valence-electron chi connectivity index (χ4n) is 4.03. The van der Waals surface area contributed by atoms with E-state index in [0.717, 1.165) is 56.4 Å². The average Bonchev–Trinajstić information content (AvgIpc) is 2.81. The fourth-order valence-corrected chi connectivity index (χ4v) is 4.03. The van der Waals surface area contributed by atoms with Gasteiger partial charge in [-0.3, -0.25) is 10.2 Å². The third kappa shape index (κ3) is 5.33. The molecular weight excluding hydrogens is 414 g/mol. The van der Waals surface area contributed by atoms with Crippen LogP contribution in [0.1, 0.15) is 67.8 Å². The molecule has 0 radical (unpaired) electrons. The zero-order valence-electron chi connectivity index (χ0n) is 19.2. The number of unbranched alkanes of at least 4 members (excludes halogenated alkanes) is 2. The summed E-state index contributed by atoms with van der Waals surface area (Å²) in [6, 6.07) is 9.61. The second kappa shape index (κ2) is 11.2. The topological polar surface area (TPSA) is 152 Å². The number of nitriles is 2. The second-order valence-corrected chi connectivity index (χ2v) is 8.08. The Kier molecular flexibility index (Phi) is 8.06. The number of pyridine rings is 1. The van der Waals surface area contributed by atoms with Crippen molar-refractivity contribution in [2.24, 2.45) is 4.99 Å². The molecule has 0 spiro atoms. The summed E-state index contributed by atoms with van der Waals surface area (Å²) in [6.07, 6.45) is 6.44. The number of rotatable bonds is 9. The fraction of sp³-hybridized carbons (Fsp3) is 0.417. The van der Waals surface area contributed by atoms with Crippen LogP contribution in [0.4, 0.5) is 17.3 Å². The number of nitrogens with zero attached hydrogens (tertiary/aromatic N) is 5. The Labute approximate surface area is 195 Å². The summed E-state index contributed by atoms with van der Waals surface area (Å²) in [5.74, 6) is 0.691. The van der Waals surface area contributed by atoms with E-state index < -0.39 is 6.04 Å². The zero-order chi connectivity index (χ0) is 23.8. The van der Waals surface area contributed by atoms with Crippen LogP contribution in [0.5, 0.6) is 0 Å². The molecule has 1 aliphatic rings. The first-order chi connectivity index (χ1) is 16.0. The number of nitrogen functional groups attached to an aromatic ring is 2. The minimum Gasteiger partial charge on any atom is -0.397 e. The van der Waals surface area contributed by atoms with E-state index >= 15 is 0 Å². The van der Waals surface area contributed by atoms with Gasteiger partial charge in [0, 0.05) is 12.1 Å². The number of fused-ring (bicyclic) bond motifs is 1. The van der Waals surface area contributed by atoms with Gasteiger partial charge in [0.05, 0.1) is 5.69 Å². The predicted molar refractivity (Wildman–Crippen MR) is 131 cm³/mol. The van der Waals surface area contributed by atoms with Gasteiger partial charge in [-0.2, -0.15) is 10.5 Å². The molecule has 1 unspecified atom stereocenters. The molecule has 0 aliphatic carbocycles. The maximum absolute atomic E-state index is 9.56. The Bertz CT molecular complexity index is 1090. The molecule has 1 aromatic heterocycles. The Hall–Kier alpha value is -3.82. The first-order valence-electron chi connectivity index (χ1n) is 11.3. The van der Waals surface area contributed by atoms with Gasteiger partial charge in [0.25, 0.3) is 0 Å². The third-order valence-electron chi connectivity index (χ3n) is 5.76. The largest absolute Gasteiger partial charge is 0.397 e. The summed E-state index contributed by atoms with van der Waals surface area (Å²) in [5.41, 5.74) is 15.4. The minimum absolute atomic E-state index is 0.0387. The average molecular weight is 446 g/mol. The van der Waals surface area contributed by atoms with Gasteiger partial charge in [-0.1, -0.05) is 51.0 Å². The van der Waals surface area contributed by atoms with E-state index in [1.165, 1.54) is 0 Å². The lowest BCUT2D eigenvalue weighted by molar-refractivity contribution is 0.256. The van der Waals surface area contributed by atoms with Crippen LogP contribution >= 0.6 is 0 Å². The van der Waals surface area contributed by atoms with Gasteiger partial charge in [-0.15, -0.1) is 0 Å². The summed E-state index contributed by atoms with van der Waals surface area (Å²) >= 11 is 0. The van der Waals surface area contributed by atoms with Crippen molar-refractivity contribution in [3.63, 3.8) is 0 Å². The smallest absolute Gasteiger partial charge is 0.211 e. The van der Waals surface area contributed by atoms with E-state index in [9.17, 15) is 5.26 Å². The number of hydrogen-bond donors (Lipinski definition) is 4. The number of aliphatic imine (C=N–C) groups is 1. The molecule has 172 valence electrons. The number of nitrogens with two attached hydrogens (primary N) is 2. The highest BCUT2D eigenvalue weighted by Crippen LogP contribution is 2.41. The summed E-state index contributed by atoms with van der Waals surface area (Å²) in [5, 5.41) is 24.2. The van der Waals surface area contributed by atoms with Crippen LogP contribution in [0.25, 0.3) is 0 Å². The second-order valence-electron chi connectivity index (χ2n) is 8.08. The maximum Gasteiger partial charge on any atom is 0.211 e. The van der Waals surface area contributed by atoms with Crippen molar-refractivity contribution in [1.29, 1.82) is 10.5 Å². The highest BCUT2D eigenvalue weighted by Gasteiger charge is 2.31. The summed E-state index contributed by atoms with van der Waals surface area (Å²) in [6.45, 7) is 7.22. The number of anilines is 3. The van der Waals surface area contributed by atoms with Crippen LogP contribution in [0.3, 0.4) is 0 Å². The molecule has 1 aliphatic heterocycles. The number of aromatic nitrogens is 1. The predicted octanol–water partition coefficient (Wildman–Crippen LogP) is 3.46. The number of nitrogens with one attached hydrogen (secondary N) is 2. The van der Waals surface area contributed by atoms with Gasteiger partial charge in [0.2, 0.25) is 5.96 Å². The van der Waals surface area contributed by atoms with Crippen molar-refractivity contribution in [3.8, 4) is 12.3 Å². The molecule has 2 aromatic rings. The van der Waals surface area contributed by atoms with E-state index in [2.05, 4.69) is 46.5 Å². The van der Waals surface area contributed by atoms with Crippen LogP contribution < -0.4 is 22.1 Å². The van der Waals surface area contributed by atoms with Crippen molar-refractivity contribution in [2.75, 3.05) is 29.9 Å². The molecule has 0 amide bonds. The standard InChI is InChI=1S/C24H31N9/c1-3-5-11-33(12-6-4-2)14-16-9-7-8-10-17(16)21-19-20(27)18(13-25)22(28)31-23(19)32-24(30-21)29-15-26/h7-10,21H,3-6,11-12,14H2,1-2H3,(H6,27,28,29,30,31,32). The molecule has 33 heavy (non-hydrogen) atoms. The van der Waals surface area contributed by atoms with Crippen LogP contribution in [0.15, 0.2) is 29.3 Å². The molecule has 1 aromatic carbocycles.